The number of likely N-dealkylation sites (tertiary alicyclic amines) is 2. The summed E-state index contributed by atoms with van der Waals surface area (Å²) in [5.41, 5.74) is 2.71. The zero-order chi connectivity index (χ0) is 23.1. The van der Waals surface area contributed by atoms with Crippen molar-refractivity contribution in [3.05, 3.63) is 65.2 Å². The van der Waals surface area contributed by atoms with Gasteiger partial charge in [-0.25, -0.2) is 0 Å². The lowest BCUT2D eigenvalue weighted by Gasteiger charge is -2.64. The van der Waals surface area contributed by atoms with E-state index in [-0.39, 0.29) is 47.7 Å². The van der Waals surface area contributed by atoms with E-state index in [1.807, 2.05) is 36.4 Å². The summed E-state index contributed by atoms with van der Waals surface area (Å²) < 4.78 is 20.3. The molecule has 2 aromatic rings. The maximum Gasteiger partial charge on any atom is 0.254 e. The maximum atomic E-state index is 13.6. The minimum atomic E-state index is -0.323. The van der Waals surface area contributed by atoms with Crippen molar-refractivity contribution >= 4 is 5.91 Å². The molecular formula is C28H31FN2O3. The Morgan fingerprint density at radius 1 is 1.18 bits per heavy atom. The predicted octanol–water partition coefficient (Wildman–Crippen LogP) is 3.69. The number of phenolic OH excluding ortho intramolecular Hbond substituents is 1. The summed E-state index contributed by atoms with van der Waals surface area (Å²) in [6.07, 6.45) is 4.18. The Labute approximate surface area is 199 Å². The van der Waals surface area contributed by atoms with Crippen LogP contribution in [0.2, 0.25) is 0 Å². The zero-order valence-corrected chi connectivity index (χ0v) is 19.3. The number of nitrogens with zero attached hydrogens (tertiary/aromatic N) is 2. The molecule has 6 atom stereocenters. The molecular weight excluding hydrogens is 431 g/mol. The number of phenols is 1. The number of halogens is 1. The molecule has 4 bridgehead atoms. The summed E-state index contributed by atoms with van der Waals surface area (Å²) in [5, 5.41) is 10.5. The smallest absolute Gasteiger partial charge is 0.254 e. The average molecular weight is 463 g/mol. The van der Waals surface area contributed by atoms with Gasteiger partial charge in [-0.3, -0.25) is 14.1 Å². The predicted molar refractivity (Wildman–Crippen MR) is 126 cm³/mol. The minimum Gasteiger partial charge on any atom is -0.508 e. The van der Waals surface area contributed by atoms with Crippen LogP contribution in [0.5, 0.6) is 5.75 Å². The van der Waals surface area contributed by atoms with Crippen molar-refractivity contribution in [2.45, 2.75) is 61.3 Å². The van der Waals surface area contributed by atoms with Crippen molar-refractivity contribution in [2.24, 2.45) is 5.92 Å². The van der Waals surface area contributed by atoms with Crippen molar-refractivity contribution in [3.8, 4) is 5.75 Å². The van der Waals surface area contributed by atoms with Crippen molar-refractivity contribution in [1.29, 1.82) is 0 Å². The third kappa shape index (κ3) is 2.48. The van der Waals surface area contributed by atoms with Crippen LogP contribution in [0.25, 0.3) is 0 Å². The summed E-state index contributed by atoms with van der Waals surface area (Å²) in [6.45, 7) is 2.00. The third-order valence-corrected chi connectivity index (χ3v) is 9.71. The van der Waals surface area contributed by atoms with Crippen molar-refractivity contribution in [2.75, 3.05) is 26.3 Å². The summed E-state index contributed by atoms with van der Waals surface area (Å²) in [5.74, 6) is 0.619. The lowest BCUT2D eigenvalue weighted by atomic mass is 9.46. The Kier molecular flexibility index (Phi) is 4.47. The standard InChI is InChI=1S/C28H31FN2O3/c29-12-4-13-30-14-11-27-21-16-20(32)8-7-19(21)15-24(30)28(27)10-9-22-25(27)23(34-28)17-31(22)26(33)18-5-2-1-3-6-18/h1-3,5-8,16,22-25,32H,4,9-15,17H2/t22?,23-,24?,25?,27?,28?/m1/s1. The number of amides is 1. The van der Waals surface area contributed by atoms with Crippen LogP contribution in [0.1, 0.15) is 47.2 Å². The summed E-state index contributed by atoms with van der Waals surface area (Å²) in [6, 6.07) is 15.8. The minimum absolute atomic E-state index is 0.00270. The maximum absolute atomic E-state index is 13.6. The van der Waals surface area contributed by atoms with Gasteiger partial charge in [0.1, 0.15) is 5.75 Å². The highest BCUT2D eigenvalue weighted by Gasteiger charge is 2.78. The number of piperidine rings is 1. The molecule has 5 unspecified atom stereocenters. The molecule has 3 aliphatic heterocycles. The number of fused-ring (bicyclic) bond motifs is 1. The van der Waals surface area contributed by atoms with Gasteiger partial charge in [0, 0.05) is 42.1 Å². The van der Waals surface area contributed by atoms with Gasteiger partial charge in [0.15, 0.2) is 0 Å². The van der Waals surface area contributed by atoms with Gasteiger partial charge in [0.05, 0.1) is 18.4 Å². The highest BCUT2D eigenvalue weighted by atomic mass is 19.1. The van der Waals surface area contributed by atoms with Gasteiger partial charge in [0.2, 0.25) is 0 Å². The second-order valence-corrected chi connectivity index (χ2v) is 10.9. The van der Waals surface area contributed by atoms with Gasteiger partial charge in [-0.2, -0.15) is 0 Å². The Hall–Kier alpha value is -2.44. The Morgan fingerprint density at radius 2 is 2.03 bits per heavy atom. The average Bonchev–Trinajstić information content (AvgIpc) is 3.30. The van der Waals surface area contributed by atoms with Crippen molar-refractivity contribution < 1.29 is 19.0 Å². The van der Waals surface area contributed by atoms with Crippen LogP contribution in [0.4, 0.5) is 4.39 Å². The number of benzene rings is 2. The van der Waals surface area contributed by atoms with Crippen LogP contribution in [0.3, 0.4) is 0 Å². The third-order valence-electron chi connectivity index (χ3n) is 9.71. The molecule has 178 valence electrons. The van der Waals surface area contributed by atoms with Crippen LogP contribution in [0.15, 0.2) is 48.5 Å². The van der Waals surface area contributed by atoms with Crippen LogP contribution in [-0.2, 0) is 16.6 Å². The molecule has 5 aliphatic rings. The van der Waals surface area contributed by atoms with E-state index in [2.05, 4.69) is 15.9 Å². The number of hydrogen-bond donors (Lipinski definition) is 1. The van der Waals surface area contributed by atoms with E-state index in [1.54, 1.807) is 6.07 Å². The van der Waals surface area contributed by atoms with E-state index in [9.17, 15) is 14.3 Å². The second kappa shape index (κ2) is 7.28. The molecule has 2 aliphatic carbocycles. The molecule has 0 aromatic heterocycles. The topological polar surface area (TPSA) is 53.0 Å². The molecule has 3 heterocycles. The number of alkyl halides is 1. The molecule has 0 spiro atoms. The number of carbonyl (C=O) groups is 1. The van der Waals surface area contributed by atoms with Crippen LogP contribution in [0, 0.1) is 5.92 Å². The number of ether oxygens (including phenoxy) is 1. The molecule has 1 amide bonds. The van der Waals surface area contributed by atoms with Gasteiger partial charge in [-0.15, -0.1) is 0 Å². The summed E-state index contributed by atoms with van der Waals surface area (Å²) in [4.78, 5) is 18.1. The second-order valence-electron chi connectivity index (χ2n) is 10.9. The van der Waals surface area contributed by atoms with Gasteiger partial charge in [-0.1, -0.05) is 24.3 Å². The fraction of sp³-hybridized carbons (Fsp3) is 0.536. The highest BCUT2D eigenvalue weighted by Crippen LogP contribution is 2.69. The Morgan fingerprint density at radius 3 is 2.85 bits per heavy atom. The number of carbonyl (C=O) groups excluding carboxylic acids is 1. The van der Waals surface area contributed by atoms with Gasteiger partial charge in [0.25, 0.3) is 5.91 Å². The van der Waals surface area contributed by atoms with Gasteiger partial charge < -0.3 is 14.7 Å². The van der Waals surface area contributed by atoms with Crippen molar-refractivity contribution in [1.82, 2.24) is 9.80 Å². The summed E-state index contributed by atoms with van der Waals surface area (Å²) in [7, 11) is 0. The monoisotopic (exact) mass is 462 g/mol. The molecule has 4 fully saturated rings. The zero-order valence-electron chi connectivity index (χ0n) is 19.3. The lowest BCUT2D eigenvalue weighted by molar-refractivity contribution is -0.170. The first-order chi connectivity index (χ1) is 16.6. The molecule has 6 heteroatoms. The molecule has 1 saturated carbocycles. The quantitative estimate of drug-likeness (QED) is 0.753. The van der Waals surface area contributed by atoms with Gasteiger partial charge in [-0.05, 0) is 74.0 Å². The molecule has 2 aromatic carbocycles. The molecule has 1 N–H and O–H groups in total. The van der Waals surface area contributed by atoms with Crippen LogP contribution < -0.4 is 0 Å². The van der Waals surface area contributed by atoms with Crippen LogP contribution in [-0.4, -0.2) is 70.9 Å². The Bertz CT molecular complexity index is 1140. The van der Waals surface area contributed by atoms with Crippen LogP contribution >= 0.6 is 0 Å². The largest absolute Gasteiger partial charge is 0.508 e. The molecule has 3 saturated heterocycles. The van der Waals surface area contributed by atoms with E-state index >= 15 is 0 Å². The SMILES string of the molecule is O=C(c1ccccc1)N1C[C@H]2OC34CCC1C2C31CCN(CCCF)C4Cc2ccc(O)cc21. The van der Waals surface area contributed by atoms with E-state index in [4.69, 9.17) is 4.74 Å². The number of rotatable bonds is 4. The fourth-order valence-corrected chi connectivity index (χ4v) is 8.68. The Balaban J connectivity index is 1.34. The van der Waals surface area contributed by atoms with E-state index < -0.39 is 0 Å². The molecule has 0 radical (unpaired) electrons. The van der Waals surface area contributed by atoms with E-state index in [0.717, 1.165) is 44.3 Å². The first kappa shape index (κ1) is 20.9. The number of aromatic hydroxyl groups is 1. The first-order valence-corrected chi connectivity index (χ1v) is 12.8. The first-order valence-electron chi connectivity index (χ1n) is 12.8. The molecule has 34 heavy (non-hydrogen) atoms. The van der Waals surface area contributed by atoms with Crippen molar-refractivity contribution in [3.63, 3.8) is 0 Å². The number of hydrogen-bond acceptors (Lipinski definition) is 4. The van der Waals surface area contributed by atoms with E-state index in [1.165, 1.54) is 11.1 Å². The summed E-state index contributed by atoms with van der Waals surface area (Å²) >= 11 is 0. The van der Waals surface area contributed by atoms with Gasteiger partial charge >= 0.3 is 0 Å². The molecule has 5 nitrogen and oxygen atoms in total. The fourth-order valence-electron chi connectivity index (χ4n) is 8.68. The highest BCUT2D eigenvalue weighted by molar-refractivity contribution is 5.94. The van der Waals surface area contributed by atoms with E-state index in [0.29, 0.717) is 18.7 Å². The molecule has 7 rings (SSSR count). The normalized spacial score (nSPS) is 37.4. The lowest BCUT2D eigenvalue weighted by Crippen LogP contribution is -2.74.